The van der Waals surface area contributed by atoms with Gasteiger partial charge in [0.05, 0.1) is 7.11 Å². The highest BCUT2D eigenvalue weighted by Gasteiger charge is 2.66. The molecule has 3 rings (SSSR count). The van der Waals surface area contributed by atoms with Crippen LogP contribution in [0.2, 0.25) is 0 Å². The molecule has 2 amide bonds. The van der Waals surface area contributed by atoms with Crippen molar-refractivity contribution in [2.45, 2.75) is 43.8 Å². The van der Waals surface area contributed by atoms with Gasteiger partial charge in [0.2, 0.25) is 0 Å². The topological polar surface area (TPSA) is 116 Å². The van der Waals surface area contributed by atoms with E-state index < -0.39 is 59.2 Å². The lowest BCUT2D eigenvalue weighted by molar-refractivity contribution is -0.272. The van der Waals surface area contributed by atoms with Crippen LogP contribution in [-0.2, 0) is 15.7 Å². The standard InChI is InChI=1S/C21H20F6N4O4/c1-9-15(11-8-30-14(20(22,23)24)7-13(11)34-3)16(35-19(9,2)21(25,26)27)18(33)31-10-4-5-29-12(6-10)17(28)32/h4-9,15-16H,1-3H3,(H2,28,32)(H,29,31,33)/t9-,15-,16+,19-/m0/s1. The highest BCUT2D eigenvalue weighted by atomic mass is 19.4. The second-order valence-electron chi connectivity index (χ2n) is 8.05. The predicted molar refractivity (Wildman–Crippen MR) is 108 cm³/mol. The number of hydrogen-bond acceptors (Lipinski definition) is 6. The summed E-state index contributed by atoms with van der Waals surface area (Å²) in [4.78, 5) is 31.4. The third-order valence-corrected chi connectivity index (χ3v) is 5.97. The molecule has 190 valence electrons. The number of primary amides is 1. The predicted octanol–water partition coefficient (Wildman–Crippen LogP) is 3.68. The molecule has 1 saturated heterocycles. The summed E-state index contributed by atoms with van der Waals surface area (Å²) >= 11 is 0. The fourth-order valence-electron chi connectivity index (χ4n) is 3.91. The molecule has 3 N–H and O–H groups in total. The van der Waals surface area contributed by atoms with Crippen LogP contribution in [0.1, 0.15) is 41.5 Å². The molecular formula is C21H20F6N4O4. The number of aromatic nitrogens is 2. The van der Waals surface area contributed by atoms with Crippen LogP contribution < -0.4 is 15.8 Å². The quantitative estimate of drug-likeness (QED) is 0.598. The zero-order valence-electron chi connectivity index (χ0n) is 18.5. The number of anilines is 1. The van der Waals surface area contributed by atoms with E-state index in [9.17, 15) is 35.9 Å². The average Bonchev–Trinajstić information content (AvgIpc) is 3.04. The molecule has 0 aromatic carbocycles. The lowest BCUT2D eigenvalue weighted by atomic mass is 9.77. The number of methoxy groups -OCH3 is 1. The lowest BCUT2D eigenvalue weighted by Gasteiger charge is -2.31. The number of nitrogens with two attached hydrogens (primary N) is 1. The minimum Gasteiger partial charge on any atom is -0.496 e. The number of halogens is 6. The van der Waals surface area contributed by atoms with E-state index in [-0.39, 0.29) is 16.9 Å². The fraction of sp³-hybridized carbons (Fsp3) is 0.429. The third kappa shape index (κ3) is 4.88. The van der Waals surface area contributed by atoms with Gasteiger partial charge in [0.25, 0.3) is 11.8 Å². The molecule has 4 atom stereocenters. The molecule has 8 nitrogen and oxygen atoms in total. The Kier molecular flexibility index (Phi) is 6.72. The molecule has 0 saturated carbocycles. The van der Waals surface area contributed by atoms with E-state index in [1.54, 1.807) is 0 Å². The summed E-state index contributed by atoms with van der Waals surface area (Å²) < 4.78 is 91.5. The Bertz CT molecular complexity index is 1140. The van der Waals surface area contributed by atoms with Gasteiger partial charge in [-0.3, -0.25) is 19.6 Å². The Labute approximate surface area is 194 Å². The van der Waals surface area contributed by atoms with Crippen LogP contribution in [0.3, 0.4) is 0 Å². The average molecular weight is 506 g/mol. The first-order chi connectivity index (χ1) is 16.1. The number of ether oxygens (including phenoxy) is 2. The lowest BCUT2D eigenvalue weighted by Crippen LogP contribution is -2.47. The summed E-state index contributed by atoms with van der Waals surface area (Å²) in [5.41, 5.74) is 0.602. The van der Waals surface area contributed by atoms with Gasteiger partial charge in [-0.15, -0.1) is 0 Å². The maximum Gasteiger partial charge on any atom is 0.433 e. The van der Waals surface area contributed by atoms with Crippen molar-refractivity contribution in [3.63, 3.8) is 0 Å². The van der Waals surface area contributed by atoms with Crippen molar-refractivity contribution in [1.82, 2.24) is 9.97 Å². The molecule has 3 heterocycles. The number of rotatable bonds is 5. The van der Waals surface area contributed by atoms with Crippen LogP contribution in [0.4, 0.5) is 32.0 Å². The second-order valence-corrected chi connectivity index (χ2v) is 8.05. The highest BCUT2D eigenvalue weighted by molar-refractivity contribution is 5.97. The monoisotopic (exact) mass is 506 g/mol. The van der Waals surface area contributed by atoms with E-state index >= 15 is 0 Å². The van der Waals surface area contributed by atoms with Crippen LogP contribution >= 0.6 is 0 Å². The molecule has 1 aliphatic heterocycles. The minimum atomic E-state index is -4.93. The SMILES string of the molecule is COc1cc(C(F)(F)F)ncc1[C@H]1[C@H](C(=O)Nc2ccnc(C(N)=O)c2)O[C@](C)(C(F)(F)F)[C@H]1C. The molecule has 1 fully saturated rings. The Morgan fingerprint density at radius 1 is 1.17 bits per heavy atom. The number of nitrogens with zero attached hydrogens (tertiary/aromatic N) is 2. The molecule has 1 aliphatic rings. The molecule has 2 aromatic rings. The van der Waals surface area contributed by atoms with Crippen LogP contribution in [-0.4, -0.2) is 46.8 Å². The summed E-state index contributed by atoms with van der Waals surface area (Å²) in [6.07, 6.45) is -9.70. The van der Waals surface area contributed by atoms with Crippen molar-refractivity contribution in [2.24, 2.45) is 11.7 Å². The largest absolute Gasteiger partial charge is 0.496 e. The van der Waals surface area contributed by atoms with Gasteiger partial charge < -0.3 is 20.5 Å². The number of nitrogens with one attached hydrogen (secondary N) is 1. The Morgan fingerprint density at radius 3 is 2.37 bits per heavy atom. The maximum atomic E-state index is 14.0. The van der Waals surface area contributed by atoms with Gasteiger partial charge >= 0.3 is 12.4 Å². The number of alkyl halides is 6. The van der Waals surface area contributed by atoms with E-state index in [1.165, 1.54) is 13.0 Å². The number of carbonyl (C=O) groups excluding carboxylic acids is 2. The first kappa shape index (κ1) is 26.2. The van der Waals surface area contributed by atoms with Gasteiger partial charge in [-0.1, -0.05) is 6.92 Å². The van der Waals surface area contributed by atoms with E-state index in [2.05, 4.69) is 15.3 Å². The van der Waals surface area contributed by atoms with E-state index in [0.717, 1.165) is 32.5 Å². The number of pyridine rings is 2. The number of amides is 2. The van der Waals surface area contributed by atoms with Crippen LogP contribution in [0.5, 0.6) is 5.75 Å². The van der Waals surface area contributed by atoms with Crippen molar-refractivity contribution in [3.8, 4) is 5.75 Å². The first-order valence-electron chi connectivity index (χ1n) is 10.0. The molecule has 0 radical (unpaired) electrons. The van der Waals surface area contributed by atoms with Gasteiger partial charge in [0.15, 0.2) is 5.60 Å². The Balaban J connectivity index is 2.07. The van der Waals surface area contributed by atoms with Crippen LogP contribution in [0, 0.1) is 5.92 Å². The summed E-state index contributed by atoms with van der Waals surface area (Å²) in [6, 6.07) is 2.92. The normalized spacial score (nSPS) is 24.8. The molecule has 35 heavy (non-hydrogen) atoms. The Hall–Kier alpha value is -3.42. The summed E-state index contributed by atoms with van der Waals surface area (Å²) in [5, 5.41) is 2.34. The second kappa shape index (κ2) is 8.98. The molecule has 0 aliphatic carbocycles. The van der Waals surface area contributed by atoms with Crippen LogP contribution in [0.15, 0.2) is 30.6 Å². The van der Waals surface area contributed by atoms with Gasteiger partial charge in [-0.2, -0.15) is 26.3 Å². The molecule has 0 spiro atoms. The van der Waals surface area contributed by atoms with E-state index in [1.807, 2.05) is 0 Å². The minimum absolute atomic E-state index is 0.00748. The number of hydrogen-bond donors (Lipinski definition) is 2. The van der Waals surface area contributed by atoms with Crippen LogP contribution in [0.25, 0.3) is 0 Å². The third-order valence-electron chi connectivity index (χ3n) is 5.97. The summed E-state index contributed by atoms with van der Waals surface area (Å²) in [7, 11) is 1.04. The first-order valence-corrected chi connectivity index (χ1v) is 10.0. The van der Waals surface area contributed by atoms with Crippen molar-refractivity contribution in [3.05, 3.63) is 47.5 Å². The van der Waals surface area contributed by atoms with Crippen molar-refractivity contribution < 1.29 is 45.4 Å². The smallest absolute Gasteiger partial charge is 0.433 e. The van der Waals surface area contributed by atoms with Gasteiger partial charge in [-0.05, 0) is 19.1 Å². The highest BCUT2D eigenvalue weighted by Crippen LogP contribution is 2.54. The van der Waals surface area contributed by atoms with E-state index in [0.29, 0.717) is 6.07 Å². The molecule has 14 heteroatoms. The summed E-state index contributed by atoms with van der Waals surface area (Å²) in [5.74, 6) is -5.20. The molecular weight excluding hydrogens is 486 g/mol. The zero-order valence-corrected chi connectivity index (χ0v) is 18.5. The van der Waals surface area contributed by atoms with Gasteiger partial charge in [-0.25, -0.2) is 0 Å². The van der Waals surface area contributed by atoms with Gasteiger partial charge in [0.1, 0.15) is 23.2 Å². The van der Waals surface area contributed by atoms with Crippen molar-refractivity contribution >= 4 is 17.5 Å². The van der Waals surface area contributed by atoms with Gasteiger partial charge in [0, 0.05) is 41.5 Å². The molecule has 0 bridgehead atoms. The maximum absolute atomic E-state index is 14.0. The molecule has 0 unspecified atom stereocenters. The van der Waals surface area contributed by atoms with Crippen molar-refractivity contribution in [2.75, 3.05) is 12.4 Å². The fourth-order valence-corrected chi connectivity index (χ4v) is 3.91. The molecule has 2 aromatic heterocycles. The Morgan fingerprint density at radius 2 is 1.83 bits per heavy atom. The van der Waals surface area contributed by atoms with Crippen molar-refractivity contribution in [1.29, 1.82) is 0 Å². The number of carbonyl (C=O) groups is 2. The summed E-state index contributed by atoms with van der Waals surface area (Å²) in [6.45, 7) is 1.92. The zero-order chi connectivity index (χ0) is 26.3. The van der Waals surface area contributed by atoms with E-state index in [4.69, 9.17) is 15.2 Å².